The molecule has 1 unspecified atom stereocenters. The average molecular weight is 299 g/mol. The van der Waals surface area contributed by atoms with E-state index in [1.54, 1.807) is 10.7 Å². The summed E-state index contributed by atoms with van der Waals surface area (Å²) in [5.74, 6) is 5.52. The molecule has 0 aliphatic heterocycles. The fourth-order valence-corrected chi connectivity index (χ4v) is 2.12. The summed E-state index contributed by atoms with van der Waals surface area (Å²) in [6.45, 7) is 2.59. The molecule has 2 rings (SSSR count). The van der Waals surface area contributed by atoms with E-state index in [0.29, 0.717) is 17.8 Å². The Morgan fingerprint density at radius 1 is 1.38 bits per heavy atom. The third-order valence-corrected chi connectivity index (χ3v) is 3.09. The Morgan fingerprint density at radius 3 is 2.76 bits per heavy atom. The normalized spacial score (nSPS) is 13.4. The predicted molar refractivity (Wildman–Crippen MR) is 70.9 cm³/mol. The lowest BCUT2D eigenvalue weighted by molar-refractivity contribution is -0.137. The minimum atomic E-state index is -4.39. The summed E-state index contributed by atoms with van der Waals surface area (Å²) in [6.07, 6.45) is -2.06. The van der Waals surface area contributed by atoms with Crippen LogP contribution in [0.4, 0.5) is 13.2 Å². The first kappa shape index (κ1) is 15.5. The molecule has 0 spiro atoms. The molecular formula is C13H16F3N5. The highest BCUT2D eigenvalue weighted by Gasteiger charge is 2.31. The van der Waals surface area contributed by atoms with Crippen molar-refractivity contribution in [3.05, 3.63) is 47.3 Å². The molecule has 0 bridgehead atoms. The molecule has 5 nitrogen and oxygen atoms in total. The van der Waals surface area contributed by atoms with Crippen LogP contribution >= 0.6 is 0 Å². The number of benzene rings is 1. The molecule has 0 saturated carbocycles. The van der Waals surface area contributed by atoms with Gasteiger partial charge in [0.05, 0.1) is 23.5 Å². The van der Waals surface area contributed by atoms with Crippen molar-refractivity contribution in [1.29, 1.82) is 0 Å². The van der Waals surface area contributed by atoms with E-state index in [-0.39, 0.29) is 0 Å². The van der Waals surface area contributed by atoms with Crippen LogP contribution in [0.25, 0.3) is 0 Å². The van der Waals surface area contributed by atoms with Gasteiger partial charge in [0.1, 0.15) is 0 Å². The summed E-state index contributed by atoms with van der Waals surface area (Å²) in [5.41, 5.74) is 2.85. The van der Waals surface area contributed by atoms with E-state index in [4.69, 9.17) is 5.84 Å². The lowest BCUT2D eigenvalue weighted by atomic mass is 10.0. The van der Waals surface area contributed by atoms with E-state index in [9.17, 15) is 13.2 Å². The second-order valence-corrected chi connectivity index (χ2v) is 4.60. The van der Waals surface area contributed by atoms with Crippen molar-refractivity contribution in [2.75, 3.05) is 0 Å². The summed E-state index contributed by atoms with van der Waals surface area (Å²) < 4.78 is 40.0. The first-order valence-electron chi connectivity index (χ1n) is 6.49. The Morgan fingerprint density at radius 2 is 2.14 bits per heavy atom. The molecule has 1 heterocycles. The Balaban J connectivity index is 2.40. The van der Waals surface area contributed by atoms with Gasteiger partial charge in [-0.25, -0.2) is 10.1 Å². The largest absolute Gasteiger partial charge is 0.416 e. The van der Waals surface area contributed by atoms with Gasteiger partial charge in [-0.1, -0.05) is 24.3 Å². The smallest absolute Gasteiger partial charge is 0.271 e. The van der Waals surface area contributed by atoms with E-state index >= 15 is 0 Å². The first-order chi connectivity index (χ1) is 9.97. The van der Waals surface area contributed by atoms with Crippen molar-refractivity contribution in [2.24, 2.45) is 5.84 Å². The zero-order chi connectivity index (χ0) is 15.5. The van der Waals surface area contributed by atoms with Gasteiger partial charge in [-0.2, -0.15) is 13.2 Å². The highest BCUT2D eigenvalue weighted by atomic mass is 19.4. The van der Waals surface area contributed by atoms with Crippen LogP contribution in [0.2, 0.25) is 0 Å². The molecule has 8 heteroatoms. The maximum Gasteiger partial charge on any atom is 0.416 e. The van der Waals surface area contributed by atoms with E-state index in [1.165, 1.54) is 12.3 Å². The number of aryl methyl sites for hydroxylation is 1. The van der Waals surface area contributed by atoms with Gasteiger partial charge in [0.2, 0.25) is 0 Å². The van der Waals surface area contributed by atoms with E-state index in [0.717, 1.165) is 18.6 Å². The second kappa shape index (κ2) is 6.23. The van der Waals surface area contributed by atoms with Crippen molar-refractivity contribution < 1.29 is 13.2 Å². The summed E-state index contributed by atoms with van der Waals surface area (Å²) in [5, 5.41) is 7.72. The number of halogens is 3. The summed E-state index contributed by atoms with van der Waals surface area (Å²) in [7, 11) is 0. The van der Waals surface area contributed by atoms with E-state index < -0.39 is 17.8 Å². The van der Waals surface area contributed by atoms with Gasteiger partial charge in [0.25, 0.3) is 0 Å². The van der Waals surface area contributed by atoms with Crippen molar-refractivity contribution in [2.45, 2.75) is 32.1 Å². The fraction of sp³-hybridized carbons (Fsp3) is 0.385. The standard InChI is InChI=1S/C13H16F3N5/c1-2-6-21-11(8-18-20-21)12(19-17)9-4-3-5-10(7-9)13(14,15)16/h3-5,7-8,12,19H,2,6,17H2,1H3. The lowest BCUT2D eigenvalue weighted by Crippen LogP contribution is -2.31. The van der Waals surface area contributed by atoms with Crippen LogP contribution in [-0.4, -0.2) is 15.0 Å². The van der Waals surface area contributed by atoms with Gasteiger partial charge in [-0.3, -0.25) is 5.84 Å². The maximum atomic E-state index is 12.8. The summed E-state index contributed by atoms with van der Waals surface area (Å²) in [4.78, 5) is 0. The van der Waals surface area contributed by atoms with Crippen LogP contribution in [0.15, 0.2) is 30.5 Å². The van der Waals surface area contributed by atoms with Crippen LogP contribution in [0.5, 0.6) is 0 Å². The number of nitrogens with two attached hydrogens (primary N) is 1. The average Bonchev–Trinajstić information content (AvgIpc) is 2.88. The molecule has 2 aromatic rings. The first-order valence-corrected chi connectivity index (χ1v) is 6.49. The Bertz CT molecular complexity index is 593. The minimum absolute atomic E-state index is 0.409. The third-order valence-electron chi connectivity index (χ3n) is 3.09. The maximum absolute atomic E-state index is 12.8. The van der Waals surface area contributed by atoms with Gasteiger partial charge < -0.3 is 0 Å². The highest BCUT2D eigenvalue weighted by Crippen LogP contribution is 2.31. The van der Waals surface area contributed by atoms with E-state index in [1.807, 2.05) is 6.92 Å². The lowest BCUT2D eigenvalue weighted by Gasteiger charge is -2.18. The SMILES string of the molecule is CCCn1nncc1C(NN)c1cccc(C(F)(F)F)c1. The van der Waals surface area contributed by atoms with Crippen LogP contribution in [0.1, 0.15) is 36.2 Å². The molecule has 0 aliphatic rings. The summed E-state index contributed by atoms with van der Waals surface area (Å²) >= 11 is 0. The topological polar surface area (TPSA) is 68.8 Å². The second-order valence-electron chi connectivity index (χ2n) is 4.60. The fourth-order valence-electron chi connectivity index (χ4n) is 2.12. The molecule has 0 saturated heterocycles. The van der Waals surface area contributed by atoms with Crippen molar-refractivity contribution in [3.8, 4) is 0 Å². The Labute approximate surface area is 119 Å². The molecule has 0 aliphatic carbocycles. The van der Waals surface area contributed by atoms with Gasteiger partial charge in [-0.15, -0.1) is 5.10 Å². The number of aromatic nitrogens is 3. The molecule has 0 amide bonds. The molecule has 114 valence electrons. The molecular weight excluding hydrogens is 283 g/mol. The highest BCUT2D eigenvalue weighted by molar-refractivity contribution is 5.32. The molecule has 0 fully saturated rings. The van der Waals surface area contributed by atoms with Gasteiger partial charge in [-0.05, 0) is 24.1 Å². The minimum Gasteiger partial charge on any atom is -0.271 e. The van der Waals surface area contributed by atoms with Crippen LogP contribution in [0, 0.1) is 0 Å². The Hall–Kier alpha value is -1.93. The van der Waals surface area contributed by atoms with Crippen molar-refractivity contribution in [3.63, 3.8) is 0 Å². The van der Waals surface area contributed by atoms with Gasteiger partial charge >= 0.3 is 6.18 Å². The van der Waals surface area contributed by atoms with Crippen LogP contribution in [-0.2, 0) is 12.7 Å². The number of nitrogens with zero attached hydrogens (tertiary/aromatic N) is 3. The predicted octanol–water partition coefficient (Wildman–Crippen LogP) is 2.26. The number of hydrogen-bond donors (Lipinski definition) is 2. The number of rotatable bonds is 5. The van der Waals surface area contributed by atoms with Gasteiger partial charge in [0.15, 0.2) is 0 Å². The van der Waals surface area contributed by atoms with Crippen LogP contribution < -0.4 is 11.3 Å². The van der Waals surface area contributed by atoms with Crippen LogP contribution in [0.3, 0.4) is 0 Å². The van der Waals surface area contributed by atoms with Crippen molar-refractivity contribution in [1.82, 2.24) is 20.4 Å². The molecule has 0 radical (unpaired) electrons. The molecule has 1 aromatic carbocycles. The quantitative estimate of drug-likeness (QED) is 0.656. The molecule has 1 atom stereocenters. The monoisotopic (exact) mass is 299 g/mol. The number of hydrogen-bond acceptors (Lipinski definition) is 4. The molecule has 3 N–H and O–H groups in total. The molecule has 21 heavy (non-hydrogen) atoms. The zero-order valence-electron chi connectivity index (χ0n) is 11.4. The number of alkyl halides is 3. The number of hydrazine groups is 1. The molecule has 1 aromatic heterocycles. The van der Waals surface area contributed by atoms with Crippen molar-refractivity contribution >= 4 is 0 Å². The van der Waals surface area contributed by atoms with Gasteiger partial charge in [0, 0.05) is 6.54 Å². The Kier molecular flexibility index (Phi) is 4.59. The summed E-state index contributed by atoms with van der Waals surface area (Å²) in [6, 6.07) is 4.44. The third kappa shape index (κ3) is 3.40. The number of nitrogens with one attached hydrogen (secondary N) is 1. The zero-order valence-corrected chi connectivity index (χ0v) is 11.4. The van der Waals surface area contributed by atoms with E-state index in [2.05, 4.69) is 15.7 Å².